The molecule has 2 aromatic rings. The van der Waals surface area contributed by atoms with Gasteiger partial charge in [-0.05, 0) is 44.0 Å². The molecule has 0 spiro atoms. The third-order valence-corrected chi connectivity index (χ3v) is 3.65. The number of ether oxygens (including phenoxy) is 1. The summed E-state index contributed by atoms with van der Waals surface area (Å²) in [5.41, 5.74) is 2.01. The molecule has 0 saturated carbocycles. The standard InChI is InChI=1S/C15H19N3O2/c1-10-6-7-11(13(9-10)19-2)14-17-15(20-18-14)12-5-3-4-8-16-12/h6-7,9,12,16H,3-5,8H2,1-2H3. The molecule has 1 N–H and O–H groups in total. The molecule has 1 aromatic carbocycles. The second kappa shape index (κ2) is 5.63. The maximum Gasteiger partial charge on any atom is 0.244 e. The van der Waals surface area contributed by atoms with E-state index < -0.39 is 0 Å². The lowest BCUT2D eigenvalue weighted by atomic mass is 10.1. The predicted octanol–water partition coefficient (Wildman–Crippen LogP) is 2.87. The highest BCUT2D eigenvalue weighted by Gasteiger charge is 2.22. The van der Waals surface area contributed by atoms with E-state index >= 15 is 0 Å². The number of nitrogens with zero attached hydrogens (tertiary/aromatic N) is 2. The van der Waals surface area contributed by atoms with E-state index in [0.717, 1.165) is 29.8 Å². The average Bonchev–Trinajstić information content (AvgIpc) is 2.97. The van der Waals surface area contributed by atoms with Gasteiger partial charge in [0.25, 0.3) is 0 Å². The van der Waals surface area contributed by atoms with Gasteiger partial charge in [-0.2, -0.15) is 4.98 Å². The maximum atomic E-state index is 5.41. The zero-order chi connectivity index (χ0) is 13.9. The van der Waals surface area contributed by atoms with Crippen LogP contribution in [0.25, 0.3) is 11.4 Å². The van der Waals surface area contributed by atoms with Gasteiger partial charge in [-0.15, -0.1) is 0 Å². The minimum Gasteiger partial charge on any atom is -0.496 e. The van der Waals surface area contributed by atoms with Crippen LogP contribution in [0.15, 0.2) is 22.7 Å². The van der Waals surface area contributed by atoms with Gasteiger partial charge in [0.2, 0.25) is 11.7 Å². The highest BCUT2D eigenvalue weighted by molar-refractivity contribution is 5.64. The van der Waals surface area contributed by atoms with Crippen molar-refractivity contribution in [1.29, 1.82) is 0 Å². The van der Waals surface area contributed by atoms with Gasteiger partial charge in [0.05, 0.1) is 18.7 Å². The molecule has 1 atom stereocenters. The number of aromatic nitrogens is 2. The maximum absolute atomic E-state index is 5.41. The molecule has 5 heteroatoms. The quantitative estimate of drug-likeness (QED) is 0.931. The highest BCUT2D eigenvalue weighted by Crippen LogP contribution is 2.30. The summed E-state index contributed by atoms with van der Waals surface area (Å²) in [5.74, 6) is 2.03. The lowest BCUT2D eigenvalue weighted by Crippen LogP contribution is -2.26. The number of piperidine rings is 1. The molecule has 0 radical (unpaired) electrons. The number of aryl methyl sites for hydroxylation is 1. The zero-order valence-electron chi connectivity index (χ0n) is 11.8. The first-order chi connectivity index (χ1) is 9.78. The highest BCUT2D eigenvalue weighted by atomic mass is 16.5. The van der Waals surface area contributed by atoms with Crippen LogP contribution in [0.5, 0.6) is 5.75 Å². The molecule has 0 bridgehead atoms. The zero-order valence-corrected chi connectivity index (χ0v) is 11.8. The molecule has 1 aliphatic rings. The van der Waals surface area contributed by atoms with E-state index in [2.05, 4.69) is 15.5 Å². The van der Waals surface area contributed by atoms with Gasteiger partial charge < -0.3 is 14.6 Å². The predicted molar refractivity (Wildman–Crippen MR) is 75.6 cm³/mol. The Morgan fingerprint density at radius 2 is 2.25 bits per heavy atom. The van der Waals surface area contributed by atoms with Gasteiger partial charge in [0, 0.05) is 0 Å². The SMILES string of the molecule is COc1cc(C)ccc1-c1noc(C2CCCCN2)n1. The Hall–Kier alpha value is -1.88. The molecule has 2 heterocycles. The number of hydrogen-bond acceptors (Lipinski definition) is 5. The van der Waals surface area contributed by atoms with Crippen LogP contribution in [0.4, 0.5) is 0 Å². The van der Waals surface area contributed by atoms with Gasteiger partial charge >= 0.3 is 0 Å². The Balaban J connectivity index is 1.89. The second-order valence-corrected chi connectivity index (χ2v) is 5.16. The molecule has 3 rings (SSSR count). The van der Waals surface area contributed by atoms with Crippen molar-refractivity contribution in [3.63, 3.8) is 0 Å². The van der Waals surface area contributed by atoms with Crippen molar-refractivity contribution >= 4 is 0 Å². The fourth-order valence-corrected chi connectivity index (χ4v) is 2.53. The molecule has 0 aliphatic carbocycles. The monoisotopic (exact) mass is 273 g/mol. The number of hydrogen-bond donors (Lipinski definition) is 1. The van der Waals surface area contributed by atoms with E-state index in [0.29, 0.717) is 11.7 Å². The van der Waals surface area contributed by atoms with Crippen LogP contribution in [0, 0.1) is 6.92 Å². The van der Waals surface area contributed by atoms with Gasteiger partial charge in [-0.1, -0.05) is 17.6 Å². The van der Waals surface area contributed by atoms with Crippen molar-refractivity contribution in [2.24, 2.45) is 0 Å². The number of nitrogens with one attached hydrogen (secondary N) is 1. The number of rotatable bonds is 3. The van der Waals surface area contributed by atoms with Crippen molar-refractivity contribution in [3.8, 4) is 17.1 Å². The Morgan fingerprint density at radius 3 is 3.00 bits per heavy atom. The van der Waals surface area contributed by atoms with E-state index in [9.17, 15) is 0 Å². The molecule has 1 saturated heterocycles. The van der Waals surface area contributed by atoms with Crippen LogP contribution in [0.2, 0.25) is 0 Å². The smallest absolute Gasteiger partial charge is 0.244 e. The fourth-order valence-electron chi connectivity index (χ4n) is 2.53. The van der Waals surface area contributed by atoms with E-state index in [1.165, 1.54) is 12.8 Å². The van der Waals surface area contributed by atoms with Crippen molar-refractivity contribution in [3.05, 3.63) is 29.7 Å². The summed E-state index contributed by atoms with van der Waals surface area (Å²) in [7, 11) is 1.65. The summed E-state index contributed by atoms with van der Waals surface area (Å²) < 4.78 is 10.8. The van der Waals surface area contributed by atoms with Crippen molar-refractivity contribution in [2.45, 2.75) is 32.2 Å². The first kappa shape index (κ1) is 13.1. The van der Waals surface area contributed by atoms with Crippen LogP contribution in [0.1, 0.15) is 36.8 Å². The topological polar surface area (TPSA) is 60.2 Å². The average molecular weight is 273 g/mol. The van der Waals surface area contributed by atoms with Crippen LogP contribution >= 0.6 is 0 Å². The van der Waals surface area contributed by atoms with E-state index in [1.54, 1.807) is 7.11 Å². The van der Waals surface area contributed by atoms with Gasteiger partial charge in [0.15, 0.2) is 0 Å². The molecule has 1 aliphatic heterocycles. The van der Waals surface area contributed by atoms with Crippen LogP contribution in [-0.2, 0) is 0 Å². The van der Waals surface area contributed by atoms with E-state index in [4.69, 9.17) is 9.26 Å². The largest absolute Gasteiger partial charge is 0.496 e. The summed E-state index contributed by atoms with van der Waals surface area (Å²) in [5, 5.41) is 7.50. The Kier molecular flexibility index (Phi) is 3.69. The fraction of sp³-hybridized carbons (Fsp3) is 0.467. The summed E-state index contributed by atoms with van der Waals surface area (Å²) in [6.07, 6.45) is 3.46. The second-order valence-electron chi connectivity index (χ2n) is 5.16. The minimum atomic E-state index is 0.182. The number of benzene rings is 1. The van der Waals surface area contributed by atoms with Gasteiger partial charge in [0.1, 0.15) is 5.75 Å². The summed E-state index contributed by atoms with van der Waals surface area (Å²) in [6.45, 7) is 3.04. The third kappa shape index (κ3) is 2.54. The molecule has 1 unspecified atom stereocenters. The normalized spacial score (nSPS) is 19.0. The van der Waals surface area contributed by atoms with Crippen molar-refractivity contribution in [2.75, 3.05) is 13.7 Å². The van der Waals surface area contributed by atoms with Gasteiger partial charge in [-0.25, -0.2) is 0 Å². The molecule has 5 nitrogen and oxygen atoms in total. The number of methoxy groups -OCH3 is 1. The van der Waals surface area contributed by atoms with E-state index in [1.807, 2.05) is 25.1 Å². The molecule has 106 valence electrons. The lowest BCUT2D eigenvalue weighted by Gasteiger charge is -2.19. The first-order valence-electron chi connectivity index (χ1n) is 7.00. The molecular formula is C15H19N3O2. The lowest BCUT2D eigenvalue weighted by molar-refractivity contribution is 0.297. The molecule has 1 fully saturated rings. The Morgan fingerprint density at radius 1 is 1.35 bits per heavy atom. The van der Waals surface area contributed by atoms with Crippen LogP contribution < -0.4 is 10.1 Å². The Labute approximate surface area is 118 Å². The van der Waals surface area contributed by atoms with Crippen molar-refractivity contribution < 1.29 is 9.26 Å². The molecule has 0 amide bonds. The van der Waals surface area contributed by atoms with Crippen LogP contribution in [0.3, 0.4) is 0 Å². The molecule has 1 aromatic heterocycles. The summed E-state index contributed by atoms with van der Waals surface area (Å²) in [4.78, 5) is 4.52. The molecular weight excluding hydrogens is 254 g/mol. The summed E-state index contributed by atoms with van der Waals surface area (Å²) in [6, 6.07) is 6.15. The first-order valence-corrected chi connectivity index (χ1v) is 7.00. The van der Waals surface area contributed by atoms with E-state index in [-0.39, 0.29) is 6.04 Å². The summed E-state index contributed by atoms with van der Waals surface area (Å²) >= 11 is 0. The third-order valence-electron chi connectivity index (χ3n) is 3.65. The Bertz CT molecular complexity index is 589. The van der Waals surface area contributed by atoms with Crippen molar-refractivity contribution in [1.82, 2.24) is 15.5 Å². The minimum absolute atomic E-state index is 0.182. The van der Waals surface area contributed by atoms with Gasteiger partial charge in [-0.3, -0.25) is 0 Å². The molecule has 20 heavy (non-hydrogen) atoms. The van der Waals surface area contributed by atoms with Crippen LogP contribution in [-0.4, -0.2) is 23.8 Å².